The van der Waals surface area contributed by atoms with Crippen LogP contribution in [0.1, 0.15) is 18.2 Å². The molecule has 1 aromatic heterocycles. The van der Waals surface area contributed by atoms with Gasteiger partial charge in [-0.15, -0.1) is 5.10 Å². The summed E-state index contributed by atoms with van der Waals surface area (Å²) in [4.78, 5) is 4.32. The minimum absolute atomic E-state index is 0.277. The molecule has 2 saturated heterocycles. The topological polar surface area (TPSA) is 114 Å². The van der Waals surface area contributed by atoms with Crippen LogP contribution in [0.4, 0.5) is 0 Å². The van der Waals surface area contributed by atoms with Gasteiger partial charge in [-0.05, 0) is 31.5 Å². The number of aryl methyl sites for hydroxylation is 1. The molecule has 2 aliphatic rings. The van der Waals surface area contributed by atoms with E-state index in [0.717, 1.165) is 16.5 Å². The molecule has 1 aromatic carbocycles. The average Bonchev–Trinajstić information content (AvgIpc) is 3.31. The molecule has 3 heterocycles. The van der Waals surface area contributed by atoms with Gasteiger partial charge in [0, 0.05) is 6.54 Å². The smallest absolute Gasteiger partial charge is 0.159 e. The molecule has 0 radical (unpaired) electrons. The summed E-state index contributed by atoms with van der Waals surface area (Å²) in [5.74, 6) is 0.773. The standard InChI is InChI=1S/C19H25N5O4S/c1-3-20-19-21-15-17(26)16(25)14(28-18(15)29-19)9-24-8-12(22-23-24)10-27-13-6-4-5-11(2)7-13/h4-8,14-18,25-26H,3,9-10H2,1-2H3,(H,20,21)/t14-,15-,16-,17?,18-/m1/s1. The first-order chi connectivity index (χ1) is 14.0. The third-order valence-corrected chi connectivity index (χ3v) is 5.96. The molecule has 1 unspecified atom stereocenters. The van der Waals surface area contributed by atoms with Gasteiger partial charge >= 0.3 is 0 Å². The highest BCUT2D eigenvalue weighted by Gasteiger charge is 2.49. The van der Waals surface area contributed by atoms with Crippen molar-refractivity contribution in [1.29, 1.82) is 0 Å². The normalized spacial score (nSPS) is 30.2. The average molecular weight is 420 g/mol. The molecule has 0 amide bonds. The number of aromatic nitrogens is 3. The fraction of sp³-hybridized carbons (Fsp3) is 0.526. The van der Waals surface area contributed by atoms with Crippen LogP contribution < -0.4 is 10.1 Å². The Hall–Kier alpha value is -2.14. The quantitative estimate of drug-likeness (QED) is 0.627. The monoisotopic (exact) mass is 419 g/mol. The van der Waals surface area contributed by atoms with Crippen molar-refractivity contribution in [3.63, 3.8) is 0 Å². The van der Waals surface area contributed by atoms with Gasteiger partial charge in [-0.25, -0.2) is 4.68 Å². The number of rotatable bonds is 6. The van der Waals surface area contributed by atoms with Crippen molar-refractivity contribution in [1.82, 2.24) is 20.3 Å². The summed E-state index contributed by atoms with van der Waals surface area (Å²) < 4.78 is 13.4. The van der Waals surface area contributed by atoms with Gasteiger partial charge in [0.25, 0.3) is 0 Å². The summed E-state index contributed by atoms with van der Waals surface area (Å²) in [7, 11) is 0. The number of ether oxygens (including phenoxy) is 2. The van der Waals surface area contributed by atoms with E-state index >= 15 is 0 Å². The number of aliphatic imine (C=N–C) groups is 1. The lowest BCUT2D eigenvalue weighted by Crippen LogP contribution is -2.59. The molecule has 0 aliphatic carbocycles. The van der Waals surface area contributed by atoms with E-state index in [2.05, 4.69) is 20.6 Å². The lowest BCUT2D eigenvalue weighted by atomic mass is 9.98. The number of nitrogens with zero attached hydrogens (tertiary/aromatic N) is 4. The lowest BCUT2D eigenvalue weighted by molar-refractivity contribution is -0.160. The largest absolute Gasteiger partial charge is 0.487 e. The van der Waals surface area contributed by atoms with Crippen LogP contribution in [0.25, 0.3) is 0 Å². The van der Waals surface area contributed by atoms with Gasteiger partial charge in [-0.2, -0.15) is 0 Å². The number of fused-ring (bicyclic) bond motifs is 1. The van der Waals surface area contributed by atoms with Crippen molar-refractivity contribution in [3.8, 4) is 5.75 Å². The number of amidine groups is 1. The minimum atomic E-state index is -1.04. The number of hydrogen-bond acceptors (Lipinski definition) is 8. The van der Waals surface area contributed by atoms with Gasteiger partial charge in [-0.3, -0.25) is 4.99 Å². The van der Waals surface area contributed by atoms with Crippen molar-refractivity contribution in [2.24, 2.45) is 4.99 Å². The Morgan fingerprint density at radius 3 is 3.00 bits per heavy atom. The zero-order chi connectivity index (χ0) is 20.4. The summed E-state index contributed by atoms with van der Waals surface area (Å²) in [6, 6.07) is 7.41. The van der Waals surface area contributed by atoms with Crippen LogP contribution in [0, 0.1) is 6.92 Å². The molecule has 2 fully saturated rings. The van der Waals surface area contributed by atoms with Crippen LogP contribution in [0.15, 0.2) is 35.5 Å². The zero-order valence-electron chi connectivity index (χ0n) is 16.3. The summed E-state index contributed by atoms with van der Waals surface area (Å²) in [5.41, 5.74) is 1.48. The van der Waals surface area contributed by atoms with E-state index in [1.54, 1.807) is 10.9 Å². The molecule has 0 spiro atoms. The Morgan fingerprint density at radius 2 is 2.21 bits per heavy atom. The highest BCUT2D eigenvalue weighted by Crippen LogP contribution is 2.34. The van der Waals surface area contributed by atoms with Gasteiger partial charge in [0.15, 0.2) is 5.17 Å². The predicted molar refractivity (Wildman–Crippen MR) is 109 cm³/mol. The van der Waals surface area contributed by atoms with E-state index < -0.39 is 18.3 Å². The number of aliphatic hydroxyl groups is 2. The van der Waals surface area contributed by atoms with E-state index in [1.165, 1.54) is 11.8 Å². The first-order valence-electron chi connectivity index (χ1n) is 9.61. The molecule has 0 bridgehead atoms. The van der Waals surface area contributed by atoms with Crippen LogP contribution in [0.2, 0.25) is 0 Å². The first-order valence-corrected chi connectivity index (χ1v) is 10.5. The highest BCUT2D eigenvalue weighted by atomic mass is 32.2. The van der Waals surface area contributed by atoms with Crippen LogP contribution in [-0.2, 0) is 17.9 Å². The summed E-state index contributed by atoms with van der Waals surface area (Å²) in [5, 5.41) is 33.1. The van der Waals surface area contributed by atoms with Crippen molar-refractivity contribution >= 4 is 16.9 Å². The molecule has 29 heavy (non-hydrogen) atoms. The number of aliphatic hydroxyl groups excluding tert-OH is 2. The third-order valence-electron chi connectivity index (χ3n) is 4.85. The second-order valence-electron chi connectivity index (χ2n) is 7.13. The van der Waals surface area contributed by atoms with Gasteiger partial charge in [-0.1, -0.05) is 29.1 Å². The minimum Gasteiger partial charge on any atom is -0.487 e. The van der Waals surface area contributed by atoms with E-state index in [-0.39, 0.29) is 18.0 Å². The van der Waals surface area contributed by atoms with Crippen molar-refractivity contribution in [2.75, 3.05) is 6.54 Å². The maximum atomic E-state index is 10.5. The summed E-state index contributed by atoms with van der Waals surface area (Å²) >= 11 is 1.43. The van der Waals surface area contributed by atoms with Gasteiger partial charge in [0.1, 0.15) is 41.8 Å². The van der Waals surface area contributed by atoms with E-state index in [9.17, 15) is 10.2 Å². The second kappa shape index (κ2) is 8.70. The summed E-state index contributed by atoms with van der Waals surface area (Å²) in [6.45, 7) is 5.16. The molecule has 4 rings (SSSR count). The number of hydrogen-bond donors (Lipinski definition) is 3. The fourth-order valence-electron chi connectivity index (χ4n) is 3.39. The molecule has 2 aliphatic heterocycles. The van der Waals surface area contributed by atoms with Crippen molar-refractivity contribution < 1.29 is 19.7 Å². The van der Waals surface area contributed by atoms with E-state index in [4.69, 9.17) is 9.47 Å². The molecule has 2 aromatic rings. The van der Waals surface area contributed by atoms with Crippen LogP contribution in [-0.4, -0.2) is 66.7 Å². The molecule has 9 nitrogen and oxygen atoms in total. The Morgan fingerprint density at radius 1 is 1.34 bits per heavy atom. The van der Waals surface area contributed by atoms with Gasteiger partial charge in [0.2, 0.25) is 0 Å². The Labute approximate surface area is 173 Å². The molecule has 156 valence electrons. The Bertz CT molecular complexity index is 876. The third kappa shape index (κ3) is 4.55. The second-order valence-corrected chi connectivity index (χ2v) is 8.22. The Kier molecular flexibility index (Phi) is 6.04. The molecular weight excluding hydrogens is 394 g/mol. The number of thioether (sulfide) groups is 1. The van der Waals surface area contributed by atoms with Crippen LogP contribution >= 0.6 is 11.8 Å². The molecule has 10 heteroatoms. The highest BCUT2D eigenvalue weighted by molar-refractivity contribution is 8.14. The van der Waals surface area contributed by atoms with Crippen molar-refractivity contribution in [2.45, 2.75) is 56.8 Å². The summed E-state index contributed by atoms with van der Waals surface area (Å²) in [6.07, 6.45) is -0.840. The van der Waals surface area contributed by atoms with Crippen LogP contribution in [0.5, 0.6) is 5.75 Å². The number of nitrogens with one attached hydrogen (secondary N) is 1. The van der Waals surface area contributed by atoms with Gasteiger partial charge < -0.3 is 25.0 Å². The first kappa shape index (κ1) is 20.1. The predicted octanol–water partition coefficient (Wildman–Crippen LogP) is 0.693. The fourth-order valence-corrected chi connectivity index (χ4v) is 4.59. The maximum absolute atomic E-state index is 10.5. The van der Waals surface area contributed by atoms with E-state index in [0.29, 0.717) is 18.8 Å². The lowest BCUT2D eigenvalue weighted by Gasteiger charge is -2.38. The SMILES string of the molecule is CCN=C1N[C@@H]2C(O)[C@H](O)[C@@H](Cn3cc(COc4cccc(C)c4)nn3)O[C@@H]2S1. The maximum Gasteiger partial charge on any atom is 0.159 e. The zero-order valence-corrected chi connectivity index (χ0v) is 17.1. The van der Waals surface area contributed by atoms with Crippen LogP contribution in [0.3, 0.4) is 0 Å². The molecule has 5 atom stereocenters. The van der Waals surface area contributed by atoms with E-state index in [1.807, 2.05) is 38.1 Å². The molecule has 0 saturated carbocycles. The van der Waals surface area contributed by atoms with Crippen molar-refractivity contribution in [3.05, 3.63) is 41.7 Å². The number of benzene rings is 1. The molecule has 3 N–H and O–H groups in total. The molecular formula is C19H25N5O4S. The Balaban J connectivity index is 1.36. The van der Waals surface area contributed by atoms with Gasteiger partial charge in [0.05, 0.1) is 18.8 Å².